The highest BCUT2D eigenvalue weighted by Crippen LogP contribution is 2.16. The number of hydrogen-bond acceptors (Lipinski definition) is 5. The van der Waals surface area contributed by atoms with Crippen molar-refractivity contribution >= 4 is 21.6 Å². The molecule has 0 unspecified atom stereocenters. The monoisotopic (exact) mass is 391 g/mol. The molecule has 7 nitrogen and oxygen atoms in total. The number of anilines is 1. The molecule has 0 aliphatic carbocycles. The molecule has 1 amide bonds. The van der Waals surface area contributed by atoms with Crippen LogP contribution in [-0.4, -0.2) is 33.5 Å². The van der Waals surface area contributed by atoms with Gasteiger partial charge in [0.1, 0.15) is 5.75 Å². The molecule has 27 heavy (non-hydrogen) atoms. The maximum atomic E-state index is 11.9. The standard InChI is InChI=1S/C19H25N3O4S/c1-14(2)26-17-7-5-16(6-8-17)22-13-19(23)21-12-11-15-3-9-18(10-4-15)27(20,24)25/h3-10,14,22H,11-13H2,1-2H3,(H,21,23)(H2,20,24,25). The van der Waals surface area contributed by atoms with E-state index in [1.54, 1.807) is 12.1 Å². The number of rotatable bonds is 9. The van der Waals surface area contributed by atoms with Crippen molar-refractivity contribution in [1.29, 1.82) is 0 Å². The van der Waals surface area contributed by atoms with Crippen LogP contribution in [0, 0.1) is 0 Å². The maximum Gasteiger partial charge on any atom is 0.239 e. The van der Waals surface area contributed by atoms with Crippen LogP contribution in [0.25, 0.3) is 0 Å². The van der Waals surface area contributed by atoms with E-state index in [-0.39, 0.29) is 23.5 Å². The van der Waals surface area contributed by atoms with E-state index in [1.807, 2.05) is 38.1 Å². The molecule has 0 heterocycles. The van der Waals surface area contributed by atoms with Gasteiger partial charge in [-0.3, -0.25) is 4.79 Å². The van der Waals surface area contributed by atoms with E-state index in [2.05, 4.69) is 10.6 Å². The van der Waals surface area contributed by atoms with Crippen LogP contribution < -0.4 is 20.5 Å². The lowest BCUT2D eigenvalue weighted by Gasteiger charge is -2.11. The van der Waals surface area contributed by atoms with Crippen molar-refractivity contribution in [3.8, 4) is 5.75 Å². The van der Waals surface area contributed by atoms with Gasteiger partial charge in [0.25, 0.3) is 0 Å². The predicted molar refractivity (Wildman–Crippen MR) is 105 cm³/mol. The third-order valence-corrected chi connectivity index (χ3v) is 4.60. The van der Waals surface area contributed by atoms with Gasteiger partial charge in [-0.15, -0.1) is 0 Å². The molecule has 2 rings (SSSR count). The second-order valence-corrected chi connectivity index (χ2v) is 7.89. The average molecular weight is 391 g/mol. The molecule has 0 atom stereocenters. The summed E-state index contributed by atoms with van der Waals surface area (Å²) < 4.78 is 28.0. The van der Waals surface area contributed by atoms with Gasteiger partial charge in [0, 0.05) is 12.2 Å². The van der Waals surface area contributed by atoms with Crippen LogP contribution in [0.1, 0.15) is 19.4 Å². The van der Waals surface area contributed by atoms with Crippen LogP contribution in [0.15, 0.2) is 53.4 Å². The summed E-state index contributed by atoms with van der Waals surface area (Å²) in [4.78, 5) is 12.0. The first-order valence-electron chi connectivity index (χ1n) is 8.63. The lowest BCUT2D eigenvalue weighted by atomic mass is 10.1. The Hall–Kier alpha value is -2.58. The zero-order valence-corrected chi connectivity index (χ0v) is 16.3. The number of ether oxygens (including phenoxy) is 1. The van der Waals surface area contributed by atoms with Gasteiger partial charge in [0.15, 0.2) is 0 Å². The van der Waals surface area contributed by atoms with E-state index in [9.17, 15) is 13.2 Å². The Balaban J connectivity index is 1.72. The van der Waals surface area contributed by atoms with Crippen LogP contribution in [0.3, 0.4) is 0 Å². The molecule has 0 aliphatic rings. The average Bonchev–Trinajstić information content (AvgIpc) is 2.60. The Morgan fingerprint density at radius 2 is 1.70 bits per heavy atom. The number of nitrogens with one attached hydrogen (secondary N) is 2. The molecule has 0 saturated carbocycles. The summed E-state index contributed by atoms with van der Waals surface area (Å²) in [5.41, 5.74) is 1.75. The minimum absolute atomic E-state index is 0.0734. The molecule has 0 bridgehead atoms. The summed E-state index contributed by atoms with van der Waals surface area (Å²) in [6.07, 6.45) is 0.711. The topological polar surface area (TPSA) is 111 Å². The summed E-state index contributed by atoms with van der Waals surface area (Å²) in [7, 11) is -3.68. The van der Waals surface area contributed by atoms with Crippen molar-refractivity contribution in [2.45, 2.75) is 31.3 Å². The Kier molecular flexibility index (Phi) is 7.20. The molecule has 0 aliphatic heterocycles. The van der Waals surface area contributed by atoms with Gasteiger partial charge in [-0.25, -0.2) is 13.6 Å². The van der Waals surface area contributed by atoms with Crippen molar-refractivity contribution in [1.82, 2.24) is 5.32 Å². The molecule has 146 valence electrons. The quantitative estimate of drug-likeness (QED) is 0.605. The van der Waals surface area contributed by atoms with Crippen molar-refractivity contribution in [2.24, 2.45) is 5.14 Å². The Morgan fingerprint density at radius 3 is 2.26 bits per heavy atom. The first-order chi connectivity index (χ1) is 12.7. The number of benzene rings is 2. The molecular formula is C19H25N3O4S. The van der Waals surface area contributed by atoms with Gasteiger partial charge in [-0.2, -0.15) is 0 Å². The predicted octanol–water partition coefficient (Wildman–Crippen LogP) is 1.89. The highest BCUT2D eigenvalue weighted by molar-refractivity contribution is 7.89. The van der Waals surface area contributed by atoms with Crippen molar-refractivity contribution in [2.75, 3.05) is 18.4 Å². The number of hydrogen-bond donors (Lipinski definition) is 3. The van der Waals surface area contributed by atoms with Gasteiger partial charge in [-0.1, -0.05) is 12.1 Å². The molecule has 0 radical (unpaired) electrons. The minimum Gasteiger partial charge on any atom is -0.491 e. The summed E-state index contributed by atoms with van der Waals surface area (Å²) in [5.74, 6) is 0.659. The van der Waals surface area contributed by atoms with Crippen molar-refractivity contribution < 1.29 is 17.9 Å². The molecule has 4 N–H and O–H groups in total. The molecule has 0 aromatic heterocycles. The molecular weight excluding hydrogens is 366 g/mol. The fraction of sp³-hybridized carbons (Fsp3) is 0.316. The third-order valence-electron chi connectivity index (χ3n) is 3.67. The van der Waals surface area contributed by atoms with Crippen molar-refractivity contribution in [3.05, 3.63) is 54.1 Å². The van der Waals surface area contributed by atoms with Crippen LogP contribution in [0.4, 0.5) is 5.69 Å². The third kappa shape index (κ3) is 7.28. The Morgan fingerprint density at radius 1 is 1.07 bits per heavy atom. The largest absolute Gasteiger partial charge is 0.491 e. The fourth-order valence-corrected chi connectivity index (χ4v) is 2.88. The maximum absolute atomic E-state index is 11.9. The Labute approximate surface area is 160 Å². The highest BCUT2D eigenvalue weighted by Gasteiger charge is 2.07. The number of carbonyl (C=O) groups is 1. The first-order valence-corrected chi connectivity index (χ1v) is 10.2. The molecule has 0 saturated heterocycles. The first kappa shape index (κ1) is 20.7. The van der Waals surface area contributed by atoms with Gasteiger partial charge in [0.05, 0.1) is 17.5 Å². The van der Waals surface area contributed by atoms with Gasteiger partial charge in [0.2, 0.25) is 15.9 Å². The molecule has 2 aromatic carbocycles. The summed E-state index contributed by atoms with van der Waals surface area (Å²) in [6.45, 7) is 4.54. The van der Waals surface area contributed by atoms with Crippen LogP contribution in [-0.2, 0) is 21.2 Å². The SMILES string of the molecule is CC(C)Oc1ccc(NCC(=O)NCCc2ccc(S(N)(=O)=O)cc2)cc1. The summed E-state index contributed by atoms with van der Waals surface area (Å²) in [6, 6.07) is 13.7. The van der Waals surface area contributed by atoms with E-state index in [0.717, 1.165) is 17.0 Å². The lowest BCUT2D eigenvalue weighted by molar-refractivity contribution is -0.119. The van der Waals surface area contributed by atoms with Crippen LogP contribution >= 0.6 is 0 Å². The van der Waals surface area contributed by atoms with Crippen LogP contribution in [0.5, 0.6) is 5.75 Å². The number of amides is 1. The van der Waals surface area contributed by atoms with E-state index in [0.29, 0.717) is 13.0 Å². The van der Waals surface area contributed by atoms with Gasteiger partial charge >= 0.3 is 0 Å². The second kappa shape index (κ2) is 9.38. The van der Waals surface area contributed by atoms with E-state index < -0.39 is 10.0 Å². The van der Waals surface area contributed by atoms with E-state index in [1.165, 1.54) is 12.1 Å². The van der Waals surface area contributed by atoms with E-state index in [4.69, 9.17) is 9.88 Å². The minimum atomic E-state index is -3.68. The van der Waals surface area contributed by atoms with Gasteiger partial charge in [-0.05, 0) is 62.2 Å². The van der Waals surface area contributed by atoms with Gasteiger partial charge < -0.3 is 15.4 Å². The normalized spacial score (nSPS) is 11.3. The number of sulfonamides is 1. The molecule has 0 fully saturated rings. The number of nitrogens with two attached hydrogens (primary N) is 1. The zero-order chi connectivity index (χ0) is 19.9. The molecule has 8 heteroatoms. The molecule has 2 aromatic rings. The molecule has 0 spiro atoms. The highest BCUT2D eigenvalue weighted by atomic mass is 32.2. The smallest absolute Gasteiger partial charge is 0.239 e. The van der Waals surface area contributed by atoms with E-state index >= 15 is 0 Å². The summed E-state index contributed by atoms with van der Waals surface area (Å²) in [5, 5.41) is 10.9. The fourth-order valence-electron chi connectivity index (χ4n) is 2.36. The lowest BCUT2D eigenvalue weighted by Crippen LogP contribution is -2.31. The number of primary sulfonamides is 1. The Bertz CT molecular complexity index is 848. The van der Waals surface area contributed by atoms with Crippen molar-refractivity contribution in [3.63, 3.8) is 0 Å². The second-order valence-electron chi connectivity index (χ2n) is 6.33. The number of carbonyl (C=O) groups excluding carboxylic acids is 1. The van der Waals surface area contributed by atoms with Crippen LogP contribution in [0.2, 0.25) is 0 Å². The zero-order valence-electron chi connectivity index (χ0n) is 15.4. The summed E-state index contributed by atoms with van der Waals surface area (Å²) >= 11 is 0.